The molecule has 0 spiro atoms. The van der Waals surface area contributed by atoms with Crippen molar-refractivity contribution < 1.29 is 9.84 Å². The standard InChI is InChI=1S/C13H21NO2/c1-4-12(15)11-7-5-6-8-13(11)16-10-9-14(2)3/h5-8,12,15H,4,9-10H2,1-3H3. The molecule has 0 aliphatic heterocycles. The number of para-hydroxylation sites is 1. The van der Waals surface area contributed by atoms with Gasteiger partial charge in [-0.05, 0) is 26.6 Å². The molecule has 1 atom stereocenters. The second-order valence-corrected chi connectivity index (χ2v) is 4.11. The van der Waals surface area contributed by atoms with Gasteiger partial charge in [-0.15, -0.1) is 0 Å². The molecule has 1 N–H and O–H groups in total. The van der Waals surface area contributed by atoms with Crippen LogP contribution in [0.2, 0.25) is 0 Å². The normalized spacial score (nSPS) is 12.8. The number of hydrogen-bond acceptors (Lipinski definition) is 3. The van der Waals surface area contributed by atoms with Crippen LogP contribution in [0.15, 0.2) is 24.3 Å². The summed E-state index contributed by atoms with van der Waals surface area (Å²) in [7, 11) is 4.02. The molecule has 0 aliphatic rings. The van der Waals surface area contributed by atoms with Crippen molar-refractivity contribution in [3.63, 3.8) is 0 Å². The topological polar surface area (TPSA) is 32.7 Å². The maximum Gasteiger partial charge on any atom is 0.125 e. The van der Waals surface area contributed by atoms with E-state index in [-0.39, 0.29) is 0 Å². The summed E-state index contributed by atoms with van der Waals surface area (Å²) in [6.07, 6.45) is 0.268. The molecule has 0 saturated heterocycles. The lowest BCUT2D eigenvalue weighted by atomic mass is 10.1. The first-order valence-corrected chi connectivity index (χ1v) is 5.69. The summed E-state index contributed by atoms with van der Waals surface area (Å²) in [6, 6.07) is 7.67. The number of aliphatic hydroxyl groups excluding tert-OH is 1. The quantitative estimate of drug-likeness (QED) is 0.801. The Hall–Kier alpha value is -1.06. The SMILES string of the molecule is CCC(O)c1ccccc1OCCN(C)C. The van der Waals surface area contributed by atoms with Crippen molar-refractivity contribution in [1.29, 1.82) is 0 Å². The Kier molecular flexibility index (Phi) is 5.29. The van der Waals surface area contributed by atoms with E-state index in [9.17, 15) is 5.11 Å². The molecule has 16 heavy (non-hydrogen) atoms. The number of benzene rings is 1. The Bertz CT molecular complexity index is 313. The minimum Gasteiger partial charge on any atom is -0.492 e. The fourth-order valence-electron chi connectivity index (χ4n) is 1.45. The van der Waals surface area contributed by atoms with Crippen LogP contribution in [0.3, 0.4) is 0 Å². The number of hydrogen-bond donors (Lipinski definition) is 1. The lowest BCUT2D eigenvalue weighted by Crippen LogP contribution is -2.19. The minimum atomic E-state index is -0.435. The zero-order chi connectivity index (χ0) is 12.0. The fourth-order valence-corrected chi connectivity index (χ4v) is 1.45. The third-order valence-electron chi connectivity index (χ3n) is 2.46. The molecule has 1 unspecified atom stereocenters. The van der Waals surface area contributed by atoms with Gasteiger partial charge in [-0.25, -0.2) is 0 Å². The van der Waals surface area contributed by atoms with Gasteiger partial charge in [0.15, 0.2) is 0 Å². The Morgan fingerprint density at radius 1 is 1.31 bits per heavy atom. The predicted molar refractivity (Wildman–Crippen MR) is 65.7 cm³/mol. The van der Waals surface area contributed by atoms with Crippen LogP contribution < -0.4 is 4.74 Å². The van der Waals surface area contributed by atoms with Gasteiger partial charge in [0.05, 0.1) is 6.10 Å². The average molecular weight is 223 g/mol. The molecule has 0 heterocycles. The summed E-state index contributed by atoms with van der Waals surface area (Å²) in [5.74, 6) is 0.790. The molecule has 0 radical (unpaired) electrons. The maximum absolute atomic E-state index is 9.83. The van der Waals surface area contributed by atoms with E-state index in [0.717, 1.165) is 17.9 Å². The van der Waals surface area contributed by atoms with Gasteiger partial charge < -0.3 is 14.7 Å². The van der Waals surface area contributed by atoms with Crippen molar-refractivity contribution in [3.05, 3.63) is 29.8 Å². The highest BCUT2D eigenvalue weighted by atomic mass is 16.5. The summed E-state index contributed by atoms with van der Waals surface area (Å²) < 4.78 is 5.67. The van der Waals surface area contributed by atoms with Crippen molar-refractivity contribution in [2.24, 2.45) is 0 Å². The van der Waals surface area contributed by atoms with Crippen LogP contribution >= 0.6 is 0 Å². The van der Waals surface area contributed by atoms with Crippen molar-refractivity contribution in [2.75, 3.05) is 27.2 Å². The summed E-state index contributed by atoms with van der Waals surface area (Å²) in [6.45, 7) is 3.47. The molecule has 0 amide bonds. The number of ether oxygens (including phenoxy) is 1. The van der Waals surface area contributed by atoms with Gasteiger partial charge >= 0.3 is 0 Å². The van der Waals surface area contributed by atoms with Gasteiger partial charge in [-0.1, -0.05) is 25.1 Å². The van der Waals surface area contributed by atoms with Crippen molar-refractivity contribution >= 4 is 0 Å². The highest BCUT2D eigenvalue weighted by molar-refractivity contribution is 5.34. The van der Waals surface area contributed by atoms with Crippen LogP contribution in [0.1, 0.15) is 25.0 Å². The first-order chi connectivity index (χ1) is 7.65. The largest absolute Gasteiger partial charge is 0.492 e. The second-order valence-electron chi connectivity index (χ2n) is 4.11. The smallest absolute Gasteiger partial charge is 0.125 e. The van der Waals surface area contributed by atoms with E-state index in [1.54, 1.807) is 0 Å². The summed E-state index contributed by atoms with van der Waals surface area (Å²) in [4.78, 5) is 2.07. The molecular weight excluding hydrogens is 202 g/mol. The minimum absolute atomic E-state index is 0.435. The van der Waals surface area contributed by atoms with Crippen molar-refractivity contribution in [2.45, 2.75) is 19.4 Å². The van der Waals surface area contributed by atoms with E-state index >= 15 is 0 Å². The molecule has 90 valence electrons. The monoisotopic (exact) mass is 223 g/mol. The zero-order valence-corrected chi connectivity index (χ0v) is 10.3. The second kappa shape index (κ2) is 6.51. The van der Waals surface area contributed by atoms with Gasteiger partial charge in [0.25, 0.3) is 0 Å². The Morgan fingerprint density at radius 3 is 2.62 bits per heavy atom. The maximum atomic E-state index is 9.83. The third-order valence-corrected chi connectivity index (χ3v) is 2.46. The first-order valence-electron chi connectivity index (χ1n) is 5.69. The molecule has 1 aromatic rings. The highest BCUT2D eigenvalue weighted by Gasteiger charge is 2.10. The van der Waals surface area contributed by atoms with E-state index in [4.69, 9.17) is 4.74 Å². The zero-order valence-electron chi connectivity index (χ0n) is 10.3. The van der Waals surface area contributed by atoms with E-state index in [1.807, 2.05) is 45.3 Å². The predicted octanol–water partition coefficient (Wildman–Crippen LogP) is 2.07. The Morgan fingerprint density at radius 2 is 2.00 bits per heavy atom. The molecule has 1 rings (SSSR count). The molecule has 0 fully saturated rings. The van der Waals surface area contributed by atoms with Crippen LogP contribution in [0.4, 0.5) is 0 Å². The summed E-state index contributed by atoms with van der Waals surface area (Å²) in [5.41, 5.74) is 0.878. The van der Waals surface area contributed by atoms with Gasteiger partial charge in [0.2, 0.25) is 0 Å². The van der Waals surface area contributed by atoms with Crippen LogP contribution in [-0.2, 0) is 0 Å². The molecule has 0 bridgehead atoms. The number of likely N-dealkylation sites (N-methyl/N-ethyl adjacent to an activating group) is 1. The fraction of sp³-hybridized carbons (Fsp3) is 0.538. The van der Waals surface area contributed by atoms with Crippen LogP contribution in [-0.4, -0.2) is 37.3 Å². The highest BCUT2D eigenvalue weighted by Crippen LogP contribution is 2.26. The molecule has 3 nitrogen and oxygen atoms in total. The molecule has 0 aromatic heterocycles. The lowest BCUT2D eigenvalue weighted by molar-refractivity contribution is 0.165. The molecule has 0 aliphatic carbocycles. The Balaban J connectivity index is 2.64. The third kappa shape index (κ3) is 3.83. The molecule has 3 heteroatoms. The number of rotatable bonds is 6. The van der Waals surface area contributed by atoms with Gasteiger partial charge in [-0.2, -0.15) is 0 Å². The molecular formula is C13H21NO2. The van der Waals surface area contributed by atoms with Crippen LogP contribution in [0.5, 0.6) is 5.75 Å². The van der Waals surface area contributed by atoms with E-state index in [1.165, 1.54) is 0 Å². The Labute approximate surface area is 97.7 Å². The lowest BCUT2D eigenvalue weighted by Gasteiger charge is -2.16. The van der Waals surface area contributed by atoms with E-state index in [2.05, 4.69) is 4.90 Å². The number of aliphatic hydroxyl groups is 1. The van der Waals surface area contributed by atoms with Crippen LogP contribution in [0.25, 0.3) is 0 Å². The van der Waals surface area contributed by atoms with Crippen LogP contribution in [0, 0.1) is 0 Å². The van der Waals surface area contributed by atoms with Crippen molar-refractivity contribution in [3.8, 4) is 5.75 Å². The number of nitrogens with zero attached hydrogens (tertiary/aromatic N) is 1. The first kappa shape index (κ1) is 13.0. The average Bonchev–Trinajstić information content (AvgIpc) is 2.28. The van der Waals surface area contributed by atoms with E-state index < -0.39 is 6.10 Å². The summed E-state index contributed by atoms with van der Waals surface area (Å²) >= 11 is 0. The van der Waals surface area contributed by atoms with E-state index in [0.29, 0.717) is 13.0 Å². The van der Waals surface area contributed by atoms with Gasteiger partial charge in [0, 0.05) is 12.1 Å². The van der Waals surface area contributed by atoms with Gasteiger partial charge in [0.1, 0.15) is 12.4 Å². The summed E-state index contributed by atoms with van der Waals surface area (Å²) in [5, 5.41) is 9.83. The molecule has 1 aromatic carbocycles. The van der Waals surface area contributed by atoms with Crippen molar-refractivity contribution in [1.82, 2.24) is 4.90 Å². The van der Waals surface area contributed by atoms with Gasteiger partial charge in [-0.3, -0.25) is 0 Å². The molecule has 0 saturated carbocycles.